The van der Waals surface area contributed by atoms with Gasteiger partial charge in [-0.2, -0.15) is 0 Å². The molecule has 0 spiro atoms. The highest BCUT2D eigenvalue weighted by Crippen LogP contribution is 2.39. The van der Waals surface area contributed by atoms with Crippen molar-refractivity contribution in [3.05, 3.63) is 51.1 Å². The number of nitro groups is 1. The largest absolute Gasteiger partial charge is 0.507 e. The van der Waals surface area contributed by atoms with Crippen molar-refractivity contribution < 1.29 is 19.6 Å². The molecule has 0 bridgehead atoms. The van der Waals surface area contributed by atoms with Crippen LogP contribution in [0.2, 0.25) is 0 Å². The molecule has 0 aliphatic heterocycles. The first kappa shape index (κ1) is 16.4. The smallest absolute Gasteiger partial charge is 0.234 e. The summed E-state index contributed by atoms with van der Waals surface area (Å²) in [7, 11) is 0. The van der Waals surface area contributed by atoms with Gasteiger partial charge in [0, 0.05) is 16.1 Å². The van der Waals surface area contributed by atoms with Crippen molar-refractivity contribution in [2.75, 3.05) is 6.54 Å². The molecule has 1 aromatic carbocycles. The highest BCUT2D eigenvalue weighted by molar-refractivity contribution is 6.52. The molecule has 1 aromatic rings. The number of carbonyl (C=O) groups is 2. The molecule has 2 aliphatic rings. The van der Waals surface area contributed by atoms with Gasteiger partial charge in [-0.3, -0.25) is 19.7 Å². The van der Waals surface area contributed by atoms with Crippen LogP contribution in [0, 0.1) is 22.0 Å². The molecular formula is C18H19NO5. The maximum atomic E-state index is 12.6. The van der Waals surface area contributed by atoms with Crippen LogP contribution in [0.25, 0.3) is 5.76 Å². The molecule has 126 valence electrons. The Hall–Kier alpha value is -2.50. The number of aliphatic hydroxyl groups is 1. The van der Waals surface area contributed by atoms with E-state index in [0.29, 0.717) is 5.56 Å². The molecule has 3 rings (SSSR count). The number of hydrogen-bond donors (Lipinski definition) is 1. The van der Waals surface area contributed by atoms with Gasteiger partial charge < -0.3 is 5.11 Å². The zero-order valence-corrected chi connectivity index (χ0v) is 13.2. The minimum atomic E-state index is -0.802. The number of hydrogen-bond acceptors (Lipinski definition) is 5. The zero-order chi connectivity index (χ0) is 17.3. The van der Waals surface area contributed by atoms with E-state index < -0.39 is 29.0 Å². The third-order valence-electron chi connectivity index (χ3n) is 5.07. The van der Waals surface area contributed by atoms with Gasteiger partial charge in [-0.05, 0) is 18.8 Å². The van der Waals surface area contributed by atoms with E-state index in [-0.39, 0.29) is 22.8 Å². The van der Waals surface area contributed by atoms with Crippen LogP contribution in [-0.2, 0) is 4.79 Å². The molecule has 6 heteroatoms. The molecule has 1 saturated carbocycles. The summed E-state index contributed by atoms with van der Waals surface area (Å²) in [4.78, 5) is 35.6. The number of ketones is 2. The number of aliphatic hydroxyl groups excluding tert-OH is 1. The van der Waals surface area contributed by atoms with Crippen LogP contribution in [0.15, 0.2) is 29.8 Å². The van der Waals surface area contributed by atoms with Gasteiger partial charge in [0.25, 0.3) is 0 Å². The van der Waals surface area contributed by atoms with Crippen LogP contribution in [-0.4, -0.2) is 28.1 Å². The number of benzene rings is 1. The Balaban J connectivity index is 2.09. The topological polar surface area (TPSA) is 97.5 Å². The number of rotatable bonds is 4. The summed E-state index contributed by atoms with van der Waals surface area (Å²) >= 11 is 0. The number of nitrogens with zero attached hydrogens (tertiary/aromatic N) is 1. The fourth-order valence-electron chi connectivity index (χ4n) is 3.90. The number of fused-ring (bicyclic) bond motifs is 1. The molecule has 2 aliphatic carbocycles. The highest BCUT2D eigenvalue weighted by atomic mass is 16.6. The molecule has 6 nitrogen and oxygen atoms in total. The van der Waals surface area contributed by atoms with Crippen LogP contribution in [0.3, 0.4) is 0 Å². The molecular weight excluding hydrogens is 310 g/mol. The van der Waals surface area contributed by atoms with Crippen molar-refractivity contribution in [1.29, 1.82) is 0 Å². The van der Waals surface area contributed by atoms with Crippen LogP contribution >= 0.6 is 0 Å². The van der Waals surface area contributed by atoms with Gasteiger partial charge >= 0.3 is 0 Å². The van der Waals surface area contributed by atoms with Gasteiger partial charge in [0.15, 0.2) is 0 Å². The predicted octanol–water partition coefficient (Wildman–Crippen LogP) is 3.19. The molecule has 0 radical (unpaired) electrons. The average Bonchev–Trinajstić information content (AvgIpc) is 2.59. The molecule has 0 aromatic heterocycles. The normalized spacial score (nSPS) is 20.0. The van der Waals surface area contributed by atoms with Gasteiger partial charge in [0.1, 0.15) is 5.76 Å². The van der Waals surface area contributed by atoms with Crippen molar-refractivity contribution in [1.82, 2.24) is 0 Å². The second-order valence-corrected chi connectivity index (χ2v) is 6.49. The first-order valence-electron chi connectivity index (χ1n) is 8.24. The van der Waals surface area contributed by atoms with Crippen molar-refractivity contribution in [2.45, 2.75) is 32.1 Å². The van der Waals surface area contributed by atoms with Crippen molar-refractivity contribution in [2.24, 2.45) is 11.8 Å². The van der Waals surface area contributed by atoms with Crippen LogP contribution in [0.1, 0.15) is 48.0 Å². The van der Waals surface area contributed by atoms with Gasteiger partial charge in [-0.1, -0.05) is 43.5 Å². The van der Waals surface area contributed by atoms with E-state index in [1.807, 2.05) is 0 Å². The van der Waals surface area contributed by atoms with E-state index in [1.54, 1.807) is 18.2 Å². The van der Waals surface area contributed by atoms with Gasteiger partial charge in [0.05, 0.1) is 11.5 Å². The lowest BCUT2D eigenvalue weighted by molar-refractivity contribution is -0.488. The van der Waals surface area contributed by atoms with E-state index in [1.165, 1.54) is 6.07 Å². The standard InChI is InChI=1S/C18H19NO5/c20-16-12-8-4-5-9-13(12)17(21)18(22)15(16)14(10-19(23)24)11-6-2-1-3-7-11/h4-5,8-9,11,14,20H,1-3,6-7,10H2. The summed E-state index contributed by atoms with van der Waals surface area (Å²) in [5.74, 6) is -2.53. The minimum absolute atomic E-state index is 0.0525. The van der Waals surface area contributed by atoms with Crippen LogP contribution < -0.4 is 0 Å². The van der Waals surface area contributed by atoms with Crippen molar-refractivity contribution >= 4 is 17.3 Å². The molecule has 1 N–H and O–H groups in total. The molecule has 0 heterocycles. The summed E-state index contributed by atoms with van der Waals surface area (Å²) in [6, 6.07) is 6.35. The quantitative estimate of drug-likeness (QED) is 0.520. The zero-order valence-electron chi connectivity index (χ0n) is 13.2. The van der Waals surface area contributed by atoms with Crippen LogP contribution in [0.5, 0.6) is 0 Å². The Morgan fingerprint density at radius 3 is 2.33 bits per heavy atom. The summed E-state index contributed by atoms with van der Waals surface area (Å²) in [6.07, 6.45) is 4.52. The van der Waals surface area contributed by atoms with E-state index in [2.05, 4.69) is 0 Å². The highest BCUT2D eigenvalue weighted by Gasteiger charge is 2.42. The second-order valence-electron chi connectivity index (χ2n) is 6.49. The lowest BCUT2D eigenvalue weighted by atomic mass is 9.72. The van der Waals surface area contributed by atoms with Crippen molar-refractivity contribution in [3.63, 3.8) is 0 Å². The molecule has 0 amide bonds. The Morgan fingerprint density at radius 1 is 1.08 bits per heavy atom. The summed E-state index contributed by atoms with van der Waals surface area (Å²) in [5, 5.41) is 21.7. The summed E-state index contributed by atoms with van der Waals surface area (Å²) < 4.78 is 0. The fourth-order valence-corrected chi connectivity index (χ4v) is 3.90. The fraction of sp³-hybridized carbons (Fsp3) is 0.444. The lowest BCUT2D eigenvalue weighted by Crippen LogP contribution is -2.35. The third-order valence-corrected chi connectivity index (χ3v) is 5.07. The van der Waals surface area contributed by atoms with Gasteiger partial charge in [-0.15, -0.1) is 0 Å². The van der Waals surface area contributed by atoms with E-state index >= 15 is 0 Å². The molecule has 1 unspecified atom stereocenters. The SMILES string of the molecule is O=C1C(=O)c2ccccc2C(O)=C1C(C[N+](=O)[O-])C1CCCCC1. The molecule has 1 atom stereocenters. The molecule has 1 fully saturated rings. The summed E-state index contributed by atoms with van der Waals surface area (Å²) in [6.45, 7) is -0.439. The number of Topliss-reactive ketones (excluding diaryl/α,β-unsaturated/α-hetero) is 2. The Bertz CT molecular complexity index is 731. The van der Waals surface area contributed by atoms with Crippen molar-refractivity contribution in [3.8, 4) is 0 Å². The maximum absolute atomic E-state index is 12.6. The number of carbonyl (C=O) groups excluding carboxylic acids is 2. The first-order valence-corrected chi connectivity index (χ1v) is 8.24. The first-order chi connectivity index (χ1) is 11.5. The van der Waals surface area contributed by atoms with Gasteiger partial charge in [-0.25, -0.2) is 0 Å². The molecule has 24 heavy (non-hydrogen) atoms. The lowest BCUT2D eigenvalue weighted by Gasteiger charge is -2.30. The van der Waals surface area contributed by atoms with E-state index in [9.17, 15) is 24.8 Å². The second kappa shape index (κ2) is 6.55. The minimum Gasteiger partial charge on any atom is -0.507 e. The Kier molecular flexibility index (Phi) is 4.46. The van der Waals surface area contributed by atoms with Crippen LogP contribution in [0.4, 0.5) is 0 Å². The average molecular weight is 329 g/mol. The predicted molar refractivity (Wildman–Crippen MR) is 87.3 cm³/mol. The monoisotopic (exact) mass is 329 g/mol. The maximum Gasteiger partial charge on any atom is 0.234 e. The Morgan fingerprint density at radius 2 is 1.71 bits per heavy atom. The van der Waals surface area contributed by atoms with Gasteiger partial charge in [0.2, 0.25) is 18.1 Å². The molecule has 0 saturated heterocycles. The Labute approximate surface area is 139 Å². The third kappa shape index (κ3) is 2.84. The van der Waals surface area contributed by atoms with E-state index in [4.69, 9.17) is 0 Å². The van der Waals surface area contributed by atoms with E-state index in [0.717, 1.165) is 32.1 Å². The summed E-state index contributed by atoms with van der Waals surface area (Å²) in [5.41, 5.74) is 0.385.